The van der Waals surface area contributed by atoms with Gasteiger partial charge in [-0.15, -0.1) is 0 Å². The van der Waals surface area contributed by atoms with E-state index in [1.165, 1.54) is 19.3 Å². The van der Waals surface area contributed by atoms with E-state index in [9.17, 15) is 4.79 Å². The van der Waals surface area contributed by atoms with Crippen molar-refractivity contribution in [2.45, 2.75) is 58.8 Å². The molecule has 0 radical (unpaired) electrons. The van der Waals surface area contributed by atoms with Crippen LogP contribution < -0.4 is 0 Å². The van der Waals surface area contributed by atoms with Crippen LogP contribution in [-0.2, 0) is 4.79 Å². The van der Waals surface area contributed by atoms with E-state index in [-0.39, 0.29) is 5.41 Å². The highest BCUT2D eigenvalue weighted by Crippen LogP contribution is 2.60. The zero-order valence-corrected chi connectivity index (χ0v) is 13.5. The number of carbonyl (C=O) groups excluding carboxylic acids is 1. The molecule has 3 nitrogen and oxygen atoms in total. The van der Waals surface area contributed by atoms with Gasteiger partial charge >= 0.3 is 0 Å². The first-order valence-corrected chi connectivity index (χ1v) is 8.69. The van der Waals surface area contributed by atoms with Crippen LogP contribution >= 0.6 is 0 Å². The molecule has 0 aliphatic heterocycles. The van der Waals surface area contributed by atoms with Crippen molar-refractivity contribution in [3.05, 3.63) is 0 Å². The van der Waals surface area contributed by atoms with Crippen molar-refractivity contribution < 1.29 is 4.79 Å². The Morgan fingerprint density at radius 1 is 1.19 bits per heavy atom. The van der Waals surface area contributed by atoms with E-state index in [1.54, 1.807) is 0 Å². The quantitative estimate of drug-likeness (QED) is 0.776. The fraction of sp³-hybridized carbons (Fsp3) is 0.889. The van der Waals surface area contributed by atoms with Crippen LogP contribution in [0.15, 0.2) is 0 Å². The van der Waals surface area contributed by atoms with Crippen LogP contribution in [0.25, 0.3) is 0 Å². The van der Waals surface area contributed by atoms with Crippen LogP contribution in [-0.4, -0.2) is 23.9 Å². The monoisotopic (exact) mass is 288 g/mol. The third-order valence-electron chi connectivity index (χ3n) is 5.86. The number of rotatable bonds is 5. The summed E-state index contributed by atoms with van der Waals surface area (Å²) in [5.74, 6) is 3.26. The second-order valence-corrected chi connectivity index (χ2v) is 8.25. The Labute approximate surface area is 128 Å². The van der Waals surface area contributed by atoms with E-state index in [1.807, 2.05) is 4.90 Å². The first kappa shape index (κ1) is 14.9. The zero-order chi connectivity index (χ0) is 15.0. The summed E-state index contributed by atoms with van der Waals surface area (Å²) in [5.41, 5.74) is -0.0565. The average Bonchev–Trinajstić information content (AvgIpc) is 2.40. The molecule has 3 heteroatoms. The summed E-state index contributed by atoms with van der Waals surface area (Å²) in [5, 5.41) is 8.88. The molecule has 1 amide bonds. The van der Waals surface area contributed by atoms with Crippen molar-refractivity contribution in [1.29, 1.82) is 5.26 Å². The maximum atomic E-state index is 13.3. The molecule has 4 aliphatic carbocycles. The molecular weight excluding hydrogens is 260 g/mol. The zero-order valence-electron chi connectivity index (χ0n) is 13.5. The lowest BCUT2D eigenvalue weighted by Crippen LogP contribution is -2.55. The standard InChI is InChI=1S/C18H28N2O/c1-13(2)12-20(5-3-4-19)17(21)18-9-14-6-15(10-18)8-16(7-14)11-18/h13-16H,3,5-12H2,1-2H3. The van der Waals surface area contributed by atoms with Crippen molar-refractivity contribution in [3.8, 4) is 6.07 Å². The van der Waals surface area contributed by atoms with Crippen LogP contribution in [0.5, 0.6) is 0 Å². The molecule has 0 aromatic heterocycles. The van der Waals surface area contributed by atoms with Gasteiger partial charge in [-0.25, -0.2) is 0 Å². The number of carbonyl (C=O) groups is 1. The molecule has 4 saturated carbocycles. The summed E-state index contributed by atoms with van der Waals surface area (Å²) >= 11 is 0. The van der Waals surface area contributed by atoms with E-state index >= 15 is 0 Å². The summed E-state index contributed by atoms with van der Waals surface area (Å²) in [6.45, 7) is 5.75. The maximum absolute atomic E-state index is 13.3. The molecule has 4 aliphatic rings. The number of hydrogen-bond donors (Lipinski definition) is 0. The molecule has 0 spiro atoms. The van der Waals surface area contributed by atoms with E-state index in [2.05, 4.69) is 19.9 Å². The van der Waals surface area contributed by atoms with E-state index in [0.717, 1.165) is 43.6 Å². The van der Waals surface area contributed by atoms with Gasteiger partial charge in [0.15, 0.2) is 0 Å². The lowest BCUT2D eigenvalue weighted by Gasteiger charge is -2.56. The second-order valence-electron chi connectivity index (χ2n) is 8.25. The van der Waals surface area contributed by atoms with Crippen LogP contribution in [0, 0.1) is 40.4 Å². The van der Waals surface area contributed by atoms with Gasteiger partial charge in [0.05, 0.1) is 17.9 Å². The Hall–Kier alpha value is -1.04. The van der Waals surface area contributed by atoms with Gasteiger partial charge in [0.1, 0.15) is 0 Å². The Kier molecular flexibility index (Phi) is 3.99. The molecule has 0 atom stereocenters. The minimum Gasteiger partial charge on any atom is -0.341 e. The largest absolute Gasteiger partial charge is 0.341 e. The Morgan fingerprint density at radius 2 is 1.71 bits per heavy atom. The Bertz CT molecular complexity index is 413. The van der Waals surface area contributed by atoms with E-state index in [4.69, 9.17) is 5.26 Å². The highest BCUT2D eigenvalue weighted by molar-refractivity contribution is 5.83. The summed E-state index contributed by atoms with van der Waals surface area (Å²) in [6.07, 6.45) is 7.94. The molecule has 0 unspecified atom stereocenters. The summed E-state index contributed by atoms with van der Waals surface area (Å²) in [7, 11) is 0. The lowest BCUT2D eigenvalue weighted by molar-refractivity contribution is -0.158. The van der Waals surface area contributed by atoms with Gasteiger partial charge in [-0.05, 0) is 62.2 Å². The molecular formula is C18H28N2O. The number of hydrogen-bond acceptors (Lipinski definition) is 2. The molecule has 0 aromatic rings. The second kappa shape index (κ2) is 5.63. The van der Waals surface area contributed by atoms with Crippen molar-refractivity contribution in [2.75, 3.05) is 13.1 Å². The first-order valence-electron chi connectivity index (χ1n) is 8.69. The predicted octanol–water partition coefficient (Wildman–Crippen LogP) is 3.60. The summed E-state index contributed by atoms with van der Waals surface area (Å²) in [4.78, 5) is 15.3. The van der Waals surface area contributed by atoms with E-state index in [0.29, 0.717) is 24.8 Å². The smallest absolute Gasteiger partial charge is 0.228 e. The average molecular weight is 288 g/mol. The Balaban J connectivity index is 1.77. The SMILES string of the molecule is CC(C)CN(CCC#N)C(=O)C12CC3CC(CC(C3)C1)C2. The molecule has 0 saturated heterocycles. The lowest BCUT2D eigenvalue weighted by atomic mass is 9.49. The molecule has 4 rings (SSSR count). The van der Waals surface area contributed by atoms with Gasteiger partial charge in [0.25, 0.3) is 0 Å². The minimum atomic E-state index is -0.0565. The first-order chi connectivity index (χ1) is 10.0. The van der Waals surface area contributed by atoms with Gasteiger partial charge in [-0.1, -0.05) is 13.8 Å². The summed E-state index contributed by atoms with van der Waals surface area (Å²) in [6, 6.07) is 2.21. The van der Waals surface area contributed by atoms with E-state index < -0.39 is 0 Å². The van der Waals surface area contributed by atoms with Crippen molar-refractivity contribution in [1.82, 2.24) is 4.90 Å². The van der Waals surface area contributed by atoms with Gasteiger partial charge in [0, 0.05) is 13.1 Å². The van der Waals surface area contributed by atoms with Gasteiger partial charge in [-0.2, -0.15) is 5.26 Å². The molecule has 116 valence electrons. The highest BCUT2D eigenvalue weighted by atomic mass is 16.2. The van der Waals surface area contributed by atoms with Gasteiger partial charge in [0.2, 0.25) is 5.91 Å². The molecule has 21 heavy (non-hydrogen) atoms. The van der Waals surface area contributed by atoms with Gasteiger partial charge in [-0.3, -0.25) is 4.79 Å². The fourth-order valence-corrected chi connectivity index (χ4v) is 5.61. The number of nitriles is 1. The van der Waals surface area contributed by atoms with Crippen LogP contribution in [0.2, 0.25) is 0 Å². The van der Waals surface area contributed by atoms with Crippen molar-refractivity contribution in [3.63, 3.8) is 0 Å². The third-order valence-corrected chi connectivity index (χ3v) is 5.86. The Morgan fingerprint density at radius 3 is 2.14 bits per heavy atom. The highest BCUT2D eigenvalue weighted by Gasteiger charge is 2.55. The van der Waals surface area contributed by atoms with Gasteiger partial charge < -0.3 is 4.90 Å². The fourth-order valence-electron chi connectivity index (χ4n) is 5.61. The normalized spacial score (nSPS) is 36.8. The molecule has 0 N–H and O–H groups in total. The van der Waals surface area contributed by atoms with Crippen LogP contribution in [0.1, 0.15) is 58.8 Å². The third kappa shape index (κ3) is 2.82. The van der Waals surface area contributed by atoms with Crippen LogP contribution in [0.4, 0.5) is 0 Å². The minimum absolute atomic E-state index is 0.0565. The maximum Gasteiger partial charge on any atom is 0.228 e. The molecule has 4 fully saturated rings. The summed E-state index contributed by atoms with van der Waals surface area (Å²) < 4.78 is 0. The number of nitrogens with zero attached hydrogens (tertiary/aromatic N) is 2. The van der Waals surface area contributed by atoms with Crippen molar-refractivity contribution in [2.24, 2.45) is 29.1 Å². The van der Waals surface area contributed by atoms with Crippen molar-refractivity contribution >= 4 is 5.91 Å². The molecule has 4 bridgehead atoms. The molecule has 0 aromatic carbocycles. The topological polar surface area (TPSA) is 44.1 Å². The number of amides is 1. The predicted molar refractivity (Wildman–Crippen MR) is 82.3 cm³/mol. The molecule has 0 heterocycles. The van der Waals surface area contributed by atoms with Crippen LogP contribution in [0.3, 0.4) is 0 Å².